The molecule has 0 spiro atoms. The summed E-state index contributed by atoms with van der Waals surface area (Å²) >= 11 is 0. The maximum Gasteiger partial charge on any atom is 0.270 e. The summed E-state index contributed by atoms with van der Waals surface area (Å²) in [5.74, 6) is 0.824. The lowest BCUT2D eigenvalue weighted by Crippen LogP contribution is -2.36. The van der Waals surface area contributed by atoms with Crippen molar-refractivity contribution >= 4 is 34.3 Å². The highest BCUT2D eigenvalue weighted by atomic mass is 16.6. The Morgan fingerprint density at radius 3 is 2.78 bits per heavy atom. The Hall–Kier alpha value is -4.80. The molecular formula is C26H21N5O6. The summed E-state index contributed by atoms with van der Waals surface area (Å²) < 4.78 is 12.3. The Morgan fingerprint density at radius 1 is 1.19 bits per heavy atom. The molecule has 1 aromatic carbocycles. The molecule has 0 saturated heterocycles. The molecule has 1 fully saturated rings. The van der Waals surface area contributed by atoms with Crippen LogP contribution in [0.5, 0.6) is 0 Å². The number of nitro groups is 1. The molecule has 0 radical (unpaired) electrons. The quantitative estimate of drug-likeness (QED) is 0.295. The number of hydrazone groups is 1. The predicted octanol–water partition coefficient (Wildman–Crippen LogP) is 4.31. The minimum absolute atomic E-state index is 0.0668. The average molecular weight is 499 g/mol. The summed E-state index contributed by atoms with van der Waals surface area (Å²) in [4.78, 5) is 41.5. The maximum atomic E-state index is 13.6. The van der Waals surface area contributed by atoms with E-state index in [1.807, 2.05) is 24.3 Å². The standard InChI is InChI=1S/C26H21N5O6/c32-23(14-29-15-27-21-9-8-17(31(34)35)13-20(21)26(29)33)30-25(22-7-3-11-37-22)19-6-1-4-16(24(19)28-30)12-18-5-2-10-36-18/h2-3,5,7-13,15,19,25H,1,4,6,14H2. The third-order valence-electron chi connectivity index (χ3n) is 6.78. The Bertz CT molecular complexity index is 1620. The summed E-state index contributed by atoms with van der Waals surface area (Å²) in [7, 11) is 0. The van der Waals surface area contributed by atoms with E-state index in [4.69, 9.17) is 13.9 Å². The Morgan fingerprint density at radius 2 is 2.03 bits per heavy atom. The van der Waals surface area contributed by atoms with Crippen LogP contribution in [0.4, 0.5) is 5.69 Å². The van der Waals surface area contributed by atoms with Crippen LogP contribution in [0.2, 0.25) is 0 Å². The van der Waals surface area contributed by atoms with Crippen LogP contribution in [0.3, 0.4) is 0 Å². The fourth-order valence-corrected chi connectivity index (χ4v) is 5.08. The van der Waals surface area contributed by atoms with Crippen molar-refractivity contribution in [3.8, 4) is 0 Å². The van der Waals surface area contributed by atoms with Crippen molar-refractivity contribution in [2.45, 2.75) is 31.8 Å². The van der Waals surface area contributed by atoms with E-state index in [-0.39, 0.29) is 23.5 Å². The van der Waals surface area contributed by atoms with Crippen molar-refractivity contribution in [3.63, 3.8) is 0 Å². The number of allylic oxidation sites excluding steroid dienone is 1. The highest BCUT2D eigenvalue weighted by molar-refractivity contribution is 6.07. The Kier molecular flexibility index (Phi) is 5.52. The second-order valence-corrected chi connectivity index (χ2v) is 9.00. The van der Waals surface area contributed by atoms with E-state index >= 15 is 0 Å². The molecular weight excluding hydrogens is 478 g/mol. The van der Waals surface area contributed by atoms with E-state index in [1.54, 1.807) is 18.6 Å². The molecule has 0 N–H and O–H groups in total. The summed E-state index contributed by atoms with van der Waals surface area (Å²) in [6.45, 7) is -0.331. The number of nitro benzene ring substituents is 1. The number of hydrogen-bond donors (Lipinski definition) is 0. The van der Waals surface area contributed by atoms with Gasteiger partial charge in [-0.1, -0.05) is 0 Å². The van der Waals surface area contributed by atoms with Crippen LogP contribution in [0.25, 0.3) is 17.0 Å². The van der Waals surface area contributed by atoms with Crippen LogP contribution in [0, 0.1) is 16.0 Å². The first kappa shape index (κ1) is 22.7. The zero-order chi connectivity index (χ0) is 25.5. The lowest BCUT2D eigenvalue weighted by Gasteiger charge is -2.27. The van der Waals surface area contributed by atoms with Gasteiger partial charge in [-0.05, 0) is 61.2 Å². The third kappa shape index (κ3) is 4.03. The number of furan rings is 2. The molecule has 37 heavy (non-hydrogen) atoms. The second kappa shape index (κ2) is 9.01. The molecule has 4 aromatic rings. The van der Waals surface area contributed by atoms with Gasteiger partial charge in [0, 0.05) is 18.1 Å². The molecule has 11 heteroatoms. The molecule has 4 heterocycles. The molecule has 2 unspecified atom stereocenters. The minimum atomic E-state index is -0.578. The van der Waals surface area contributed by atoms with Gasteiger partial charge in [0.25, 0.3) is 17.2 Å². The molecule has 2 aliphatic rings. The van der Waals surface area contributed by atoms with E-state index in [9.17, 15) is 19.7 Å². The number of non-ortho nitro benzene ring substituents is 1. The number of carbonyl (C=O) groups is 1. The first-order valence-corrected chi connectivity index (χ1v) is 11.8. The number of fused-ring (bicyclic) bond motifs is 2. The lowest BCUT2D eigenvalue weighted by molar-refractivity contribution is -0.384. The van der Waals surface area contributed by atoms with Gasteiger partial charge >= 0.3 is 0 Å². The van der Waals surface area contributed by atoms with Crippen LogP contribution in [0.15, 0.2) is 85.6 Å². The zero-order valence-electron chi connectivity index (χ0n) is 19.5. The van der Waals surface area contributed by atoms with E-state index in [2.05, 4.69) is 4.98 Å². The number of rotatable bonds is 5. The van der Waals surface area contributed by atoms with E-state index in [0.717, 1.165) is 35.1 Å². The average Bonchev–Trinajstić information content (AvgIpc) is 3.67. The molecule has 1 aliphatic carbocycles. The van der Waals surface area contributed by atoms with E-state index in [0.29, 0.717) is 17.0 Å². The predicted molar refractivity (Wildman–Crippen MR) is 132 cm³/mol. The number of nitrogens with zero attached hydrogens (tertiary/aromatic N) is 5. The highest BCUT2D eigenvalue weighted by Gasteiger charge is 2.45. The van der Waals surface area contributed by atoms with E-state index < -0.39 is 22.4 Å². The SMILES string of the molecule is O=C(Cn1cnc2ccc([N+](=O)[O-])cc2c1=O)N1N=C2C(=Cc3ccco3)CCCC2C1c1ccco1. The van der Waals surface area contributed by atoms with Gasteiger partial charge < -0.3 is 8.83 Å². The largest absolute Gasteiger partial charge is 0.467 e. The Balaban J connectivity index is 1.37. The summed E-state index contributed by atoms with van der Waals surface area (Å²) in [6.07, 6.45) is 8.93. The molecule has 1 aliphatic heterocycles. The topological polar surface area (TPSA) is 137 Å². The van der Waals surface area contributed by atoms with Crippen molar-refractivity contribution in [2.24, 2.45) is 11.0 Å². The van der Waals surface area contributed by atoms with Crippen molar-refractivity contribution in [1.29, 1.82) is 0 Å². The highest BCUT2D eigenvalue weighted by Crippen LogP contribution is 2.44. The minimum Gasteiger partial charge on any atom is -0.467 e. The Labute approximate surface area is 209 Å². The lowest BCUT2D eigenvalue weighted by atomic mass is 9.79. The molecule has 2 atom stereocenters. The van der Waals surface area contributed by atoms with Gasteiger partial charge in [-0.3, -0.25) is 24.3 Å². The van der Waals surface area contributed by atoms with Gasteiger partial charge in [0.1, 0.15) is 24.1 Å². The van der Waals surface area contributed by atoms with Crippen LogP contribution >= 0.6 is 0 Å². The fourth-order valence-electron chi connectivity index (χ4n) is 5.08. The molecule has 186 valence electrons. The van der Waals surface area contributed by atoms with Crippen LogP contribution in [-0.2, 0) is 11.3 Å². The van der Waals surface area contributed by atoms with Crippen molar-refractivity contribution in [2.75, 3.05) is 0 Å². The monoisotopic (exact) mass is 499 g/mol. The maximum absolute atomic E-state index is 13.6. The van der Waals surface area contributed by atoms with Gasteiger partial charge in [0.2, 0.25) is 0 Å². The van der Waals surface area contributed by atoms with Gasteiger partial charge in [0.05, 0.1) is 40.4 Å². The van der Waals surface area contributed by atoms with E-state index in [1.165, 1.54) is 29.5 Å². The van der Waals surface area contributed by atoms with Crippen molar-refractivity contribution < 1.29 is 18.6 Å². The summed E-state index contributed by atoms with van der Waals surface area (Å²) in [5, 5.41) is 17.4. The third-order valence-corrected chi connectivity index (χ3v) is 6.78. The molecule has 0 bridgehead atoms. The second-order valence-electron chi connectivity index (χ2n) is 9.00. The molecule has 11 nitrogen and oxygen atoms in total. The van der Waals surface area contributed by atoms with Crippen molar-refractivity contribution in [3.05, 3.63) is 98.9 Å². The van der Waals surface area contributed by atoms with Gasteiger partial charge in [-0.25, -0.2) is 9.99 Å². The van der Waals surface area contributed by atoms with Crippen LogP contribution in [-0.4, -0.2) is 31.1 Å². The summed E-state index contributed by atoms with van der Waals surface area (Å²) in [5.41, 5.74) is 1.35. The van der Waals surface area contributed by atoms with Gasteiger partial charge in [0.15, 0.2) is 0 Å². The number of amides is 1. The first-order valence-electron chi connectivity index (χ1n) is 11.8. The first-order chi connectivity index (χ1) is 18.0. The zero-order valence-corrected chi connectivity index (χ0v) is 19.5. The van der Waals surface area contributed by atoms with Crippen LogP contribution in [0.1, 0.15) is 36.8 Å². The molecule has 6 rings (SSSR count). The van der Waals surface area contributed by atoms with Crippen LogP contribution < -0.4 is 5.56 Å². The van der Waals surface area contributed by atoms with Crippen molar-refractivity contribution in [1.82, 2.24) is 14.6 Å². The number of aromatic nitrogens is 2. The fraction of sp³-hybridized carbons (Fsp3) is 0.231. The van der Waals surface area contributed by atoms with Gasteiger partial charge in [-0.2, -0.15) is 5.10 Å². The molecule has 3 aromatic heterocycles. The smallest absolute Gasteiger partial charge is 0.270 e. The number of hydrogen-bond acceptors (Lipinski definition) is 8. The normalized spacial score (nSPS) is 20.3. The number of benzene rings is 1. The van der Waals surface area contributed by atoms with Gasteiger partial charge in [-0.15, -0.1) is 0 Å². The molecule has 1 amide bonds. The molecule has 1 saturated carbocycles. The summed E-state index contributed by atoms with van der Waals surface area (Å²) in [6, 6.07) is 10.7. The number of carbonyl (C=O) groups excluding carboxylic acids is 1.